The molecule has 0 amide bonds. The van der Waals surface area contributed by atoms with E-state index in [-0.39, 0.29) is 29.6 Å². The van der Waals surface area contributed by atoms with Gasteiger partial charge in [0.2, 0.25) is 11.9 Å². The number of ether oxygens (including phenoxy) is 1. The van der Waals surface area contributed by atoms with Crippen LogP contribution in [0.25, 0.3) is 11.9 Å². The van der Waals surface area contributed by atoms with Crippen LogP contribution in [-0.2, 0) is 17.8 Å². The van der Waals surface area contributed by atoms with Gasteiger partial charge < -0.3 is 9.84 Å². The molecule has 5 rings (SSSR count). The zero-order chi connectivity index (χ0) is 30.1. The Kier molecular flexibility index (Phi) is 11.3. The highest BCUT2D eigenvalue weighted by Gasteiger charge is 2.15. The predicted octanol–water partition coefficient (Wildman–Crippen LogP) is 3.63. The number of imidazole rings is 2. The van der Waals surface area contributed by atoms with E-state index in [0.29, 0.717) is 29.0 Å². The fourth-order valence-electron chi connectivity index (χ4n) is 4.69. The minimum absolute atomic E-state index is 0.0664. The number of hydrogen-bond donors (Lipinski definition) is 3. The predicted molar refractivity (Wildman–Crippen MR) is 157 cm³/mol. The molecule has 1 saturated heterocycles. The number of aryl methyl sites for hydroxylation is 3. The molecule has 1 aliphatic heterocycles. The monoisotopic (exact) mass is 566 g/mol. The lowest BCUT2D eigenvalue weighted by Gasteiger charge is -2.11. The third-order valence-corrected chi connectivity index (χ3v) is 6.60. The normalized spacial score (nSPS) is 12.7. The van der Waals surface area contributed by atoms with Crippen molar-refractivity contribution in [2.45, 2.75) is 86.2 Å². The first kappa shape index (κ1) is 31.6. The molecule has 0 aromatic carbocycles. The number of aliphatic hydroxyl groups is 1. The lowest BCUT2D eigenvalue weighted by molar-refractivity contribution is 0.198. The standard InChI is InChI=1S/C13H18N4O.C12H16N4O2.C4H8O/c1-5-10-14-6-7-17(10)13-15-9(4)11(8(2)3)12(18)16-13;1-7(2)10-8(3)14-12(15-11(10)18)16-5-4-13-9(16)6-17;1-2-4-5-3-1/h6-8H,5H2,1-4H3,(H,15,16,18);4-5,7,17H,6H2,1-3H3,(H,14,15,18);1-4H2. The molecular weight excluding hydrogens is 524 g/mol. The number of rotatable bonds is 6. The summed E-state index contributed by atoms with van der Waals surface area (Å²) in [5.74, 6) is 2.53. The Morgan fingerprint density at radius 1 is 0.829 bits per heavy atom. The van der Waals surface area contributed by atoms with Gasteiger partial charge in [-0.15, -0.1) is 0 Å². The first-order valence-electron chi connectivity index (χ1n) is 14.0. The van der Waals surface area contributed by atoms with Crippen molar-refractivity contribution >= 4 is 0 Å². The summed E-state index contributed by atoms with van der Waals surface area (Å²) in [6.45, 7) is 15.4. The van der Waals surface area contributed by atoms with Crippen molar-refractivity contribution in [3.63, 3.8) is 0 Å². The van der Waals surface area contributed by atoms with E-state index in [4.69, 9.17) is 9.84 Å². The van der Waals surface area contributed by atoms with Crippen molar-refractivity contribution in [3.8, 4) is 11.9 Å². The summed E-state index contributed by atoms with van der Waals surface area (Å²) in [4.78, 5) is 46.7. The third-order valence-electron chi connectivity index (χ3n) is 6.60. The average Bonchev–Trinajstić information content (AvgIpc) is 3.71. The van der Waals surface area contributed by atoms with Crippen molar-refractivity contribution in [3.05, 3.63) is 79.7 Å². The van der Waals surface area contributed by atoms with E-state index in [9.17, 15) is 9.59 Å². The molecule has 0 unspecified atom stereocenters. The molecule has 4 aromatic rings. The Morgan fingerprint density at radius 2 is 1.27 bits per heavy atom. The molecule has 41 heavy (non-hydrogen) atoms. The van der Waals surface area contributed by atoms with Crippen LogP contribution < -0.4 is 11.1 Å². The Labute approximate surface area is 239 Å². The maximum atomic E-state index is 12.1. The number of nitrogens with zero attached hydrogens (tertiary/aromatic N) is 6. The summed E-state index contributed by atoms with van der Waals surface area (Å²) in [5, 5.41) is 9.15. The largest absolute Gasteiger partial charge is 0.388 e. The maximum absolute atomic E-state index is 12.1. The molecule has 12 heteroatoms. The summed E-state index contributed by atoms with van der Waals surface area (Å²) >= 11 is 0. The Bertz CT molecular complexity index is 1410. The molecule has 222 valence electrons. The smallest absolute Gasteiger partial charge is 0.255 e. The summed E-state index contributed by atoms with van der Waals surface area (Å²) in [7, 11) is 0. The van der Waals surface area contributed by atoms with E-state index < -0.39 is 0 Å². The Balaban J connectivity index is 0.000000193. The van der Waals surface area contributed by atoms with Crippen LogP contribution in [0.15, 0.2) is 34.4 Å². The van der Waals surface area contributed by atoms with Gasteiger partial charge in [-0.05, 0) is 38.5 Å². The van der Waals surface area contributed by atoms with Gasteiger partial charge in [0.15, 0.2) is 0 Å². The molecule has 0 saturated carbocycles. The van der Waals surface area contributed by atoms with Crippen molar-refractivity contribution < 1.29 is 9.84 Å². The van der Waals surface area contributed by atoms with Crippen molar-refractivity contribution in [1.82, 2.24) is 39.0 Å². The molecule has 1 fully saturated rings. The summed E-state index contributed by atoms with van der Waals surface area (Å²) in [6.07, 6.45) is 10.1. The van der Waals surface area contributed by atoms with Crippen LogP contribution >= 0.6 is 0 Å². The number of nitrogens with one attached hydrogen (secondary N) is 2. The number of aromatic amines is 2. The average molecular weight is 567 g/mol. The van der Waals surface area contributed by atoms with Gasteiger partial charge in [-0.3, -0.25) is 28.7 Å². The number of aromatic nitrogens is 8. The van der Waals surface area contributed by atoms with E-state index in [2.05, 4.69) is 29.9 Å². The van der Waals surface area contributed by atoms with Crippen LogP contribution in [0.1, 0.15) is 93.5 Å². The molecule has 0 bridgehead atoms. The number of hydrogen-bond acceptors (Lipinski definition) is 8. The molecule has 12 nitrogen and oxygen atoms in total. The van der Waals surface area contributed by atoms with Crippen LogP contribution in [0.2, 0.25) is 0 Å². The highest BCUT2D eigenvalue weighted by atomic mass is 16.5. The summed E-state index contributed by atoms with van der Waals surface area (Å²) in [5.41, 5.74) is 2.69. The first-order valence-corrected chi connectivity index (χ1v) is 14.0. The molecule has 4 aromatic heterocycles. The number of aliphatic hydroxyl groups excluding tert-OH is 1. The molecular formula is C29H42N8O4. The van der Waals surface area contributed by atoms with Gasteiger partial charge in [-0.25, -0.2) is 19.9 Å². The second-order valence-corrected chi connectivity index (χ2v) is 10.3. The zero-order valence-electron chi connectivity index (χ0n) is 25.1. The zero-order valence-corrected chi connectivity index (χ0v) is 25.1. The molecule has 1 aliphatic rings. The minimum atomic E-state index is -0.207. The van der Waals surface area contributed by atoms with Crippen LogP contribution in [0.5, 0.6) is 0 Å². The van der Waals surface area contributed by atoms with E-state index in [1.807, 2.05) is 59.2 Å². The molecule has 0 aliphatic carbocycles. The van der Waals surface area contributed by atoms with Crippen molar-refractivity contribution in [2.24, 2.45) is 0 Å². The van der Waals surface area contributed by atoms with E-state index in [0.717, 1.165) is 36.7 Å². The highest BCUT2D eigenvalue weighted by Crippen LogP contribution is 2.15. The van der Waals surface area contributed by atoms with Gasteiger partial charge in [-0.2, -0.15) is 0 Å². The van der Waals surface area contributed by atoms with Gasteiger partial charge in [0.1, 0.15) is 18.3 Å². The Hall–Kier alpha value is -3.90. The maximum Gasteiger partial charge on any atom is 0.255 e. The summed E-state index contributed by atoms with van der Waals surface area (Å²) in [6, 6.07) is 0. The van der Waals surface area contributed by atoms with Crippen LogP contribution in [0.3, 0.4) is 0 Å². The second kappa shape index (κ2) is 14.6. The van der Waals surface area contributed by atoms with Crippen LogP contribution in [-0.4, -0.2) is 57.4 Å². The van der Waals surface area contributed by atoms with E-state index in [1.165, 1.54) is 12.8 Å². The van der Waals surface area contributed by atoms with Crippen molar-refractivity contribution in [2.75, 3.05) is 13.2 Å². The van der Waals surface area contributed by atoms with Gasteiger partial charge >= 0.3 is 0 Å². The van der Waals surface area contributed by atoms with Gasteiger partial charge in [0.25, 0.3) is 11.1 Å². The fourth-order valence-corrected chi connectivity index (χ4v) is 4.69. The van der Waals surface area contributed by atoms with E-state index >= 15 is 0 Å². The van der Waals surface area contributed by atoms with Crippen LogP contribution in [0.4, 0.5) is 0 Å². The van der Waals surface area contributed by atoms with Gasteiger partial charge in [0, 0.05) is 55.5 Å². The second-order valence-electron chi connectivity index (χ2n) is 10.3. The molecule has 3 N–H and O–H groups in total. The molecule has 0 spiro atoms. The lowest BCUT2D eigenvalue weighted by atomic mass is 10.0. The quantitative estimate of drug-likeness (QED) is 0.319. The first-order chi connectivity index (χ1) is 19.6. The van der Waals surface area contributed by atoms with Gasteiger partial charge in [-0.1, -0.05) is 34.6 Å². The molecule has 0 radical (unpaired) electrons. The lowest BCUT2D eigenvalue weighted by Crippen LogP contribution is -2.21. The van der Waals surface area contributed by atoms with Gasteiger partial charge in [0.05, 0.1) is 11.4 Å². The molecule has 0 atom stereocenters. The fraction of sp³-hybridized carbons (Fsp3) is 0.517. The topological polar surface area (TPSA) is 157 Å². The van der Waals surface area contributed by atoms with E-state index in [1.54, 1.807) is 23.2 Å². The Morgan fingerprint density at radius 3 is 1.61 bits per heavy atom. The third kappa shape index (κ3) is 7.86. The SMILES string of the molecule is C1CCOC1.CCc1nccn1-c1nc(C)c(C(C)C)c(=O)[nH]1.Cc1nc(-n2ccnc2CO)[nH]c(=O)c1C(C)C. The number of H-pyrrole nitrogens is 2. The van der Waals surface area contributed by atoms with Crippen LogP contribution in [0, 0.1) is 13.8 Å². The summed E-state index contributed by atoms with van der Waals surface area (Å²) < 4.78 is 8.33. The highest BCUT2D eigenvalue weighted by molar-refractivity contribution is 5.26. The van der Waals surface area contributed by atoms with Crippen molar-refractivity contribution in [1.29, 1.82) is 0 Å². The minimum Gasteiger partial charge on any atom is -0.388 e. The molecule has 5 heterocycles.